The summed E-state index contributed by atoms with van der Waals surface area (Å²) in [6, 6.07) is 0.608. The highest BCUT2D eigenvalue weighted by atomic mass is 16.5. The van der Waals surface area contributed by atoms with Crippen molar-refractivity contribution in [3.05, 3.63) is 0 Å². The van der Waals surface area contributed by atoms with Gasteiger partial charge in [0, 0.05) is 6.04 Å². The van der Waals surface area contributed by atoms with E-state index in [4.69, 9.17) is 4.74 Å². The molecule has 1 aliphatic heterocycles. The predicted octanol–water partition coefficient (Wildman–Crippen LogP) is 1.69. The molecule has 0 amide bonds. The summed E-state index contributed by atoms with van der Waals surface area (Å²) in [5.74, 6) is 0.684. The second kappa shape index (κ2) is 5.48. The Morgan fingerprint density at radius 3 is 2.38 bits per heavy atom. The maximum absolute atomic E-state index is 9.47. The zero-order valence-corrected chi connectivity index (χ0v) is 10.5. The van der Waals surface area contributed by atoms with Gasteiger partial charge in [-0.15, -0.1) is 0 Å². The first-order valence-electron chi connectivity index (χ1n) is 6.70. The largest absolute Gasteiger partial charge is 0.393 e. The van der Waals surface area contributed by atoms with Crippen LogP contribution in [0.25, 0.3) is 0 Å². The van der Waals surface area contributed by atoms with Gasteiger partial charge in [0.05, 0.1) is 18.3 Å². The second-order valence-corrected chi connectivity index (χ2v) is 5.67. The lowest BCUT2D eigenvalue weighted by atomic mass is 9.98. The standard InChI is InChI=1S/C13H25NO2/c1-9-5-12(6-10(2)16-9)14-8-11-3-4-13(15)7-11/h9-15H,3-8H2,1-2H3. The van der Waals surface area contributed by atoms with Crippen LogP contribution in [0.2, 0.25) is 0 Å². The van der Waals surface area contributed by atoms with Crippen molar-refractivity contribution >= 4 is 0 Å². The van der Waals surface area contributed by atoms with Crippen molar-refractivity contribution in [3.63, 3.8) is 0 Å². The summed E-state index contributed by atoms with van der Waals surface area (Å²) in [5.41, 5.74) is 0. The van der Waals surface area contributed by atoms with Gasteiger partial charge in [-0.25, -0.2) is 0 Å². The van der Waals surface area contributed by atoms with Crippen LogP contribution in [0.5, 0.6) is 0 Å². The summed E-state index contributed by atoms with van der Waals surface area (Å²) in [5, 5.41) is 13.1. The molecule has 94 valence electrons. The molecule has 2 fully saturated rings. The van der Waals surface area contributed by atoms with Crippen molar-refractivity contribution in [3.8, 4) is 0 Å². The first-order valence-corrected chi connectivity index (χ1v) is 6.70. The monoisotopic (exact) mass is 227 g/mol. The third kappa shape index (κ3) is 3.44. The summed E-state index contributed by atoms with van der Waals surface area (Å²) in [6.07, 6.45) is 6.14. The molecule has 0 bridgehead atoms. The van der Waals surface area contributed by atoms with Crippen molar-refractivity contribution < 1.29 is 9.84 Å². The van der Waals surface area contributed by atoms with Crippen molar-refractivity contribution in [1.82, 2.24) is 5.32 Å². The highest BCUT2D eigenvalue weighted by Gasteiger charge is 2.27. The summed E-state index contributed by atoms with van der Waals surface area (Å²) in [6.45, 7) is 5.38. The number of hydrogen-bond acceptors (Lipinski definition) is 3. The molecule has 0 radical (unpaired) electrons. The van der Waals surface area contributed by atoms with Crippen LogP contribution >= 0.6 is 0 Å². The van der Waals surface area contributed by atoms with Gasteiger partial charge in [-0.1, -0.05) is 0 Å². The van der Waals surface area contributed by atoms with Crippen LogP contribution in [-0.4, -0.2) is 36.0 Å². The molecule has 0 aromatic rings. The Kier molecular flexibility index (Phi) is 4.22. The molecule has 4 atom stereocenters. The molecule has 4 unspecified atom stereocenters. The number of rotatable bonds is 3. The lowest BCUT2D eigenvalue weighted by molar-refractivity contribution is -0.0424. The summed E-state index contributed by atoms with van der Waals surface area (Å²) in [7, 11) is 0. The Bertz CT molecular complexity index is 212. The van der Waals surface area contributed by atoms with E-state index in [1.807, 2.05) is 0 Å². The van der Waals surface area contributed by atoms with Crippen LogP contribution in [0.3, 0.4) is 0 Å². The molecular weight excluding hydrogens is 202 g/mol. The molecule has 2 rings (SSSR count). The maximum Gasteiger partial charge on any atom is 0.0565 e. The molecule has 3 heteroatoms. The Balaban J connectivity index is 1.69. The number of hydrogen-bond donors (Lipinski definition) is 2. The van der Waals surface area contributed by atoms with Crippen molar-refractivity contribution in [2.45, 2.75) is 70.3 Å². The van der Waals surface area contributed by atoms with Crippen LogP contribution in [0.1, 0.15) is 46.0 Å². The second-order valence-electron chi connectivity index (χ2n) is 5.67. The zero-order valence-electron chi connectivity index (χ0n) is 10.5. The lowest BCUT2D eigenvalue weighted by Gasteiger charge is -2.33. The molecule has 0 spiro atoms. The van der Waals surface area contributed by atoms with Gasteiger partial charge in [-0.05, 0) is 58.4 Å². The first-order chi connectivity index (χ1) is 7.63. The highest BCUT2D eigenvalue weighted by molar-refractivity contribution is 4.82. The van der Waals surface area contributed by atoms with Gasteiger partial charge in [-0.2, -0.15) is 0 Å². The third-order valence-electron chi connectivity index (χ3n) is 3.91. The summed E-state index contributed by atoms with van der Waals surface area (Å²) in [4.78, 5) is 0. The van der Waals surface area contributed by atoms with Crippen molar-refractivity contribution in [2.24, 2.45) is 5.92 Å². The van der Waals surface area contributed by atoms with Crippen LogP contribution in [0, 0.1) is 5.92 Å². The molecule has 0 aromatic carbocycles. The average Bonchev–Trinajstić information content (AvgIpc) is 2.60. The van der Waals surface area contributed by atoms with E-state index < -0.39 is 0 Å². The fourth-order valence-electron chi connectivity index (χ4n) is 3.14. The molecule has 1 heterocycles. The van der Waals surface area contributed by atoms with Crippen LogP contribution in [0.4, 0.5) is 0 Å². The molecule has 3 nitrogen and oxygen atoms in total. The predicted molar refractivity (Wildman–Crippen MR) is 64.4 cm³/mol. The van der Waals surface area contributed by atoms with Gasteiger partial charge in [0.2, 0.25) is 0 Å². The van der Waals surface area contributed by atoms with Gasteiger partial charge >= 0.3 is 0 Å². The SMILES string of the molecule is CC1CC(NCC2CCC(O)C2)CC(C)O1. The quantitative estimate of drug-likeness (QED) is 0.771. The van der Waals surface area contributed by atoms with Crippen LogP contribution < -0.4 is 5.32 Å². The minimum absolute atomic E-state index is 0.0423. The average molecular weight is 227 g/mol. The van der Waals surface area contributed by atoms with Crippen molar-refractivity contribution in [2.75, 3.05) is 6.54 Å². The minimum atomic E-state index is -0.0423. The molecule has 1 saturated heterocycles. The number of aliphatic hydroxyl groups excluding tert-OH is 1. The molecule has 2 aliphatic rings. The fourth-order valence-corrected chi connectivity index (χ4v) is 3.14. The number of ether oxygens (including phenoxy) is 1. The lowest BCUT2D eigenvalue weighted by Crippen LogP contribution is -2.42. The number of nitrogens with one attached hydrogen (secondary N) is 1. The topological polar surface area (TPSA) is 41.5 Å². The Hall–Kier alpha value is -0.120. The van der Waals surface area contributed by atoms with E-state index in [0.717, 1.165) is 32.2 Å². The normalized spacial score (nSPS) is 44.8. The van der Waals surface area contributed by atoms with Gasteiger partial charge < -0.3 is 15.2 Å². The van der Waals surface area contributed by atoms with Crippen LogP contribution in [0.15, 0.2) is 0 Å². The molecule has 16 heavy (non-hydrogen) atoms. The van der Waals surface area contributed by atoms with E-state index in [2.05, 4.69) is 19.2 Å². The van der Waals surface area contributed by atoms with E-state index >= 15 is 0 Å². The van der Waals surface area contributed by atoms with E-state index in [0.29, 0.717) is 24.2 Å². The highest BCUT2D eigenvalue weighted by Crippen LogP contribution is 2.25. The molecule has 0 aromatic heterocycles. The summed E-state index contributed by atoms with van der Waals surface area (Å²) < 4.78 is 5.73. The molecule has 2 N–H and O–H groups in total. The Labute approximate surface area is 98.6 Å². The third-order valence-corrected chi connectivity index (χ3v) is 3.91. The van der Waals surface area contributed by atoms with E-state index in [1.54, 1.807) is 0 Å². The number of aliphatic hydroxyl groups is 1. The molecule has 1 aliphatic carbocycles. The van der Waals surface area contributed by atoms with Crippen molar-refractivity contribution in [1.29, 1.82) is 0 Å². The van der Waals surface area contributed by atoms with Gasteiger partial charge in [0.25, 0.3) is 0 Å². The van der Waals surface area contributed by atoms with Gasteiger partial charge in [0.15, 0.2) is 0 Å². The first kappa shape index (κ1) is 12.3. The smallest absolute Gasteiger partial charge is 0.0565 e. The zero-order chi connectivity index (χ0) is 11.5. The van der Waals surface area contributed by atoms with Crippen LogP contribution in [-0.2, 0) is 4.74 Å². The Morgan fingerprint density at radius 1 is 1.12 bits per heavy atom. The van der Waals surface area contributed by atoms with E-state index in [9.17, 15) is 5.11 Å². The fraction of sp³-hybridized carbons (Fsp3) is 1.00. The Morgan fingerprint density at radius 2 is 1.81 bits per heavy atom. The van der Waals surface area contributed by atoms with E-state index in [-0.39, 0.29) is 6.10 Å². The van der Waals surface area contributed by atoms with E-state index in [1.165, 1.54) is 6.42 Å². The van der Waals surface area contributed by atoms with Gasteiger partial charge in [-0.3, -0.25) is 0 Å². The summed E-state index contributed by atoms with van der Waals surface area (Å²) >= 11 is 0. The van der Waals surface area contributed by atoms with Gasteiger partial charge in [0.1, 0.15) is 0 Å². The molecule has 1 saturated carbocycles. The molecular formula is C13H25NO2. The maximum atomic E-state index is 9.47. The minimum Gasteiger partial charge on any atom is -0.393 e.